The number of hydrogen-bond acceptors (Lipinski definition) is 4. The number of anilines is 1. The average Bonchev–Trinajstić information content (AvgIpc) is 2.74. The number of rotatable bonds is 8. The first-order valence-corrected chi connectivity index (χ1v) is 11.9. The fourth-order valence-electron chi connectivity index (χ4n) is 3.83. The van der Waals surface area contributed by atoms with Crippen molar-refractivity contribution in [3.05, 3.63) is 54.1 Å². The van der Waals surface area contributed by atoms with E-state index in [0.717, 1.165) is 29.8 Å². The van der Waals surface area contributed by atoms with Gasteiger partial charge in [-0.1, -0.05) is 18.2 Å². The molecule has 0 radical (unpaired) electrons. The van der Waals surface area contributed by atoms with Crippen LogP contribution in [0, 0.1) is 12.8 Å². The Morgan fingerprint density at radius 2 is 1.90 bits per heavy atom. The van der Waals surface area contributed by atoms with Crippen LogP contribution in [0.15, 0.2) is 53.4 Å². The molecule has 1 N–H and O–H groups in total. The molecule has 3 rings (SSSR count). The van der Waals surface area contributed by atoms with E-state index in [9.17, 15) is 13.2 Å². The summed E-state index contributed by atoms with van der Waals surface area (Å²) in [6.07, 6.45) is 2.80. The van der Waals surface area contributed by atoms with Gasteiger partial charge in [0.15, 0.2) is 0 Å². The first-order chi connectivity index (χ1) is 14.4. The molecule has 1 heterocycles. The van der Waals surface area contributed by atoms with Crippen molar-refractivity contribution < 1.29 is 17.9 Å². The molecule has 30 heavy (non-hydrogen) atoms. The molecule has 1 aliphatic rings. The molecule has 6 nitrogen and oxygen atoms in total. The number of amides is 1. The van der Waals surface area contributed by atoms with Crippen molar-refractivity contribution in [2.24, 2.45) is 5.92 Å². The SMILES string of the molecule is CCOc1ccc(NC(=O)CCC2CCCN(S(=O)(=O)c3ccccc3C)C2)cc1. The Labute approximate surface area is 179 Å². The molecule has 1 atom stereocenters. The monoisotopic (exact) mass is 430 g/mol. The zero-order valence-electron chi connectivity index (χ0n) is 17.6. The highest BCUT2D eigenvalue weighted by Crippen LogP contribution is 2.27. The molecular weight excluding hydrogens is 400 g/mol. The summed E-state index contributed by atoms with van der Waals surface area (Å²) in [6, 6.07) is 14.4. The quantitative estimate of drug-likeness (QED) is 0.681. The summed E-state index contributed by atoms with van der Waals surface area (Å²) in [5, 5.41) is 2.90. The minimum absolute atomic E-state index is 0.0574. The standard InChI is InChI=1S/C23H30N2O4S/c1-3-29-21-13-11-20(12-14-21)24-23(26)15-10-19-8-6-16-25(17-19)30(27,28)22-9-5-4-7-18(22)2/h4-5,7,9,11-14,19H,3,6,8,10,15-17H2,1-2H3,(H,24,26). The van der Waals surface area contributed by atoms with Crippen molar-refractivity contribution >= 4 is 21.6 Å². The van der Waals surface area contributed by atoms with E-state index in [1.165, 1.54) is 0 Å². The minimum atomic E-state index is -3.50. The molecule has 1 saturated heterocycles. The number of hydrogen-bond donors (Lipinski definition) is 1. The van der Waals surface area contributed by atoms with Crippen LogP contribution in [0.4, 0.5) is 5.69 Å². The summed E-state index contributed by atoms with van der Waals surface area (Å²) < 4.78 is 33.1. The number of piperidine rings is 1. The van der Waals surface area contributed by atoms with Gasteiger partial charge < -0.3 is 10.1 Å². The van der Waals surface area contributed by atoms with E-state index in [1.54, 1.807) is 16.4 Å². The van der Waals surface area contributed by atoms with Crippen LogP contribution in [0.3, 0.4) is 0 Å². The van der Waals surface area contributed by atoms with Crippen molar-refractivity contribution in [3.63, 3.8) is 0 Å². The van der Waals surface area contributed by atoms with E-state index in [-0.39, 0.29) is 11.8 Å². The van der Waals surface area contributed by atoms with Crippen LogP contribution in [-0.2, 0) is 14.8 Å². The third-order valence-corrected chi connectivity index (χ3v) is 7.45. The van der Waals surface area contributed by atoms with E-state index in [0.29, 0.717) is 37.4 Å². The van der Waals surface area contributed by atoms with Crippen molar-refractivity contribution in [1.82, 2.24) is 4.31 Å². The van der Waals surface area contributed by atoms with Crippen LogP contribution in [0.25, 0.3) is 0 Å². The number of nitrogens with one attached hydrogen (secondary N) is 1. The molecule has 1 aliphatic heterocycles. The van der Waals surface area contributed by atoms with Gasteiger partial charge in [0.05, 0.1) is 11.5 Å². The van der Waals surface area contributed by atoms with Gasteiger partial charge >= 0.3 is 0 Å². The van der Waals surface area contributed by atoms with Gasteiger partial charge in [-0.15, -0.1) is 0 Å². The van der Waals surface area contributed by atoms with Crippen LogP contribution >= 0.6 is 0 Å². The highest BCUT2D eigenvalue weighted by atomic mass is 32.2. The topological polar surface area (TPSA) is 75.7 Å². The Bertz CT molecular complexity index is 957. The summed E-state index contributed by atoms with van der Waals surface area (Å²) in [4.78, 5) is 12.7. The largest absolute Gasteiger partial charge is 0.494 e. The zero-order valence-corrected chi connectivity index (χ0v) is 18.5. The number of benzene rings is 2. The molecule has 162 valence electrons. The maximum atomic E-state index is 13.0. The van der Waals surface area contributed by atoms with Crippen molar-refractivity contribution in [2.45, 2.75) is 44.4 Å². The number of carbonyl (C=O) groups is 1. The molecule has 0 aliphatic carbocycles. The molecular formula is C23H30N2O4S. The van der Waals surface area contributed by atoms with Gasteiger partial charge in [0.1, 0.15) is 5.75 Å². The Morgan fingerprint density at radius 3 is 2.60 bits per heavy atom. The van der Waals surface area contributed by atoms with Gasteiger partial charge in [0.2, 0.25) is 15.9 Å². The summed E-state index contributed by atoms with van der Waals surface area (Å²) in [6.45, 7) is 5.34. The molecule has 2 aromatic carbocycles. The van der Waals surface area contributed by atoms with Crippen molar-refractivity contribution in [2.75, 3.05) is 25.0 Å². The lowest BCUT2D eigenvalue weighted by molar-refractivity contribution is -0.116. The molecule has 0 aromatic heterocycles. The highest BCUT2D eigenvalue weighted by Gasteiger charge is 2.31. The molecule has 1 unspecified atom stereocenters. The third-order valence-electron chi connectivity index (χ3n) is 5.42. The third kappa shape index (κ3) is 5.61. The van der Waals surface area contributed by atoms with E-state index in [1.807, 2.05) is 50.2 Å². The lowest BCUT2D eigenvalue weighted by Crippen LogP contribution is -2.40. The van der Waals surface area contributed by atoms with E-state index < -0.39 is 10.0 Å². The predicted molar refractivity (Wildman–Crippen MR) is 118 cm³/mol. The van der Waals surface area contributed by atoms with Gasteiger partial charge in [-0.3, -0.25) is 4.79 Å². The molecule has 1 amide bonds. The highest BCUT2D eigenvalue weighted by molar-refractivity contribution is 7.89. The second-order valence-corrected chi connectivity index (χ2v) is 9.59. The smallest absolute Gasteiger partial charge is 0.243 e. The lowest BCUT2D eigenvalue weighted by atomic mass is 9.94. The number of ether oxygens (including phenoxy) is 1. The minimum Gasteiger partial charge on any atom is -0.494 e. The van der Waals surface area contributed by atoms with Gasteiger partial charge in [-0.2, -0.15) is 4.31 Å². The predicted octanol–water partition coefficient (Wildman–Crippen LogP) is 4.21. The number of aryl methyl sites for hydroxylation is 1. The molecule has 1 fully saturated rings. The zero-order chi connectivity index (χ0) is 21.6. The normalized spacial score (nSPS) is 17.5. The summed E-state index contributed by atoms with van der Waals surface area (Å²) in [5.41, 5.74) is 1.49. The Kier molecular flexibility index (Phi) is 7.50. The van der Waals surface area contributed by atoms with Gasteiger partial charge in [0, 0.05) is 25.2 Å². The van der Waals surface area contributed by atoms with Crippen LogP contribution in [0.2, 0.25) is 0 Å². The van der Waals surface area contributed by atoms with Crippen LogP contribution in [0.5, 0.6) is 5.75 Å². The second-order valence-electron chi connectivity index (χ2n) is 7.68. The fourth-order valence-corrected chi connectivity index (χ4v) is 5.61. The molecule has 0 spiro atoms. The molecule has 0 saturated carbocycles. The first-order valence-electron chi connectivity index (χ1n) is 10.5. The molecule has 7 heteroatoms. The summed E-state index contributed by atoms with van der Waals surface area (Å²) in [7, 11) is -3.50. The second kappa shape index (κ2) is 10.1. The fraction of sp³-hybridized carbons (Fsp3) is 0.435. The Hall–Kier alpha value is -2.38. The Morgan fingerprint density at radius 1 is 1.17 bits per heavy atom. The number of sulfonamides is 1. The van der Waals surface area contributed by atoms with E-state index in [2.05, 4.69) is 5.32 Å². The van der Waals surface area contributed by atoms with E-state index in [4.69, 9.17) is 4.74 Å². The Balaban J connectivity index is 1.53. The first kappa shape index (κ1) is 22.3. The molecule has 2 aromatic rings. The van der Waals surface area contributed by atoms with E-state index >= 15 is 0 Å². The maximum Gasteiger partial charge on any atom is 0.243 e. The number of carbonyl (C=O) groups excluding carboxylic acids is 1. The lowest BCUT2D eigenvalue weighted by Gasteiger charge is -2.32. The van der Waals surface area contributed by atoms with Crippen LogP contribution in [-0.4, -0.2) is 38.3 Å². The van der Waals surface area contributed by atoms with Gasteiger partial charge in [-0.25, -0.2) is 8.42 Å². The van der Waals surface area contributed by atoms with Crippen molar-refractivity contribution in [1.29, 1.82) is 0 Å². The average molecular weight is 431 g/mol. The molecule has 0 bridgehead atoms. The van der Waals surface area contributed by atoms with Crippen molar-refractivity contribution in [3.8, 4) is 5.75 Å². The number of nitrogens with zero attached hydrogens (tertiary/aromatic N) is 1. The van der Waals surface area contributed by atoms with Gasteiger partial charge in [0.25, 0.3) is 0 Å². The van der Waals surface area contributed by atoms with Crippen LogP contribution in [0.1, 0.15) is 38.2 Å². The van der Waals surface area contributed by atoms with Gasteiger partial charge in [-0.05, 0) is 74.9 Å². The summed E-state index contributed by atoms with van der Waals surface area (Å²) in [5.74, 6) is 0.898. The van der Waals surface area contributed by atoms with Crippen LogP contribution < -0.4 is 10.1 Å². The maximum absolute atomic E-state index is 13.0. The summed E-state index contributed by atoms with van der Waals surface area (Å²) >= 11 is 0.